The van der Waals surface area contributed by atoms with Gasteiger partial charge in [-0.15, -0.1) is 0 Å². The van der Waals surface area contributed by atoms with E-state index in [1.807, 2.05) is 48.6 Å². The van der Waals surface area contributed by atoms with E-state index in [2.05, 4.69) is 6.07 Å². The lowest BCUT2D eigenvalue weighted by Crippen LogP contribution is -2.40. The third-order valence-corrected chi connectivity index (χ3v) is 7.35. The Morgan fingerprint density at radius 2 is 1.53 bits per heavy atom. The number of methoxy groups -OCH3 is 2. The van der Waals surface area contributed by atoms with Gasteiger partial charge in [-0.3, -0.25) is 0 Å². The van der Waals surface area contributed by atoms with Crippen molar-refractivity contribution in [2.75, 3.05) is 14.2 Å². The van der Waals surface area contributed by atoms with Crippen LogP contribution >= 0.6 is 0 Å². The highest BCUT2D eigenvalue weighted by atomic mass is 16.5. The molecule has 0 aliphatic heterocycles. The Morgan fingerprint density at radius 1 is 0.867 bits per heavy atom. The van der Waals surface area contributed by atoms with Crippen LogP contribution in [0.1, 0.15) is 48.8 Å². The lowest BCUT2D eigenvalue weighted by molar-refractivity contribution is 0.0675. The van der Waals surface area contributed by atoms with Crippen molar-refractivity contribution in [1.82, 2.24) is 0 Å². The monoisotopic (exact) mass is 402 g/mol. The molecule has 0 heterocycles. The number of ether oxygens (including phenoxy) is 2. The van der Waals surface area contributed by atoms with Crippen LogP contribution in [0.4, 0.5) is 0 Å². The van der Waals surface area contributed by atoms with Crippen molar-refractivity contribution in [1.29, 1.82) is 0 Å². The second kappa shape index (κ2) is 7.86. The van der Waals surface area contributed by atoms with Gasteiger partial charge in [0.25, 0.3) is 0 Å². The fraction of sp³-hybridized carbons (Fsp3) is 0.407. The van der Waals surface area contributed by atoms with Crippen LogP contribution < -0.4 is 4.74 Å². The van der Waals surface area contributed by atoms with E-state index in [1.165, 1.54) is 37.7 Å². The van der Waals surface area contributed by atoms with E-state index >= 15 is 0 Å². The van der Waals surface area contributed by atoms with Gasteiger partial charge in [0.1, 0.15) is 17.3 Å². The molecule has 0 atom stereocenters. The van der Waals surface area contributed by atoms with Crippen LogP contribution in [0.2, 0.25) is 0 Å². The van der Waals surface area contributed by atoms with Gasteiger partial charge in [0.2, 0.25) is 0 Å². The Morgan fingerprint density at radius 3 is 2.10 bits per heavy atom. The number of allylic oxidation sites excluding steroid dienone is 1. The van der Waals surface area contributed by atoms with E-state index in [0.717, 1.165) is 40.0 Å². The molecule has 156 valence electrons. The molecule has 4 aliphatic rings. The predicted molar refractivity (Wildman–Crippen MR) is 121 cm³/mol. The minimum atomic E-state index is 0.288. The first kappa shape index (κ1) is 19.3. The fourth-order valence-electron chi connectivity index (χ4n) is 6.19. The highest BCUT2D eigenvalue weighted by Crippen LogP contribution is 2.58. The maximum absolute atomic E-state index is 10.7. The van der Waals surface area contributed by atoms with Crippen LogP contribution in [0.25, 0.3) is 17.9 Å². The van der Waals surface area contributed by atoms with Crippen molar-refractivity contribution < 1.29 is 14.6 Å². The zero-order valence-corrected chi connectivity index (χ0v) is 17.8. The zero-order valence-electron chi connectivity index (χ0n) is 17.8. The minimum absolute atomic E-state index is 0.288. The Hall–Kier alpha value is -2.68. The first-order valence-corrected chi connectivity index (χ1v) is 11.1. The Balaban J connectivity index is 1.41. The number of hydrogen-bond acceptors (Lipinski definition) is 3. The highest BCUT2D eigenvalue weighted by molar-refractivity contribution is 5.75. The maximum Gasteiger partial charge on any atom is 0.125 e. The summed E-state index contributed by atoms with van der Waals surface area (Å²) >= 11 is 0. The molecule has 2 aromatic rings. The molecule has 0 amide bonds. The molecular formula is C27H30O3. The molecular weight excluding hydrogens is 372 g/mol. The van der Waals surface area contributed by atoms with Gasteiger partial charge in [-0.2, -0.15) is 0 Å². The molecule has 0 radical (unpaired) electrons. The molecule has 4 bridgehead atoms. The van der Waals surface area contributed by atoms with Crippen molar-refractivity contribution >= 4 is 17.9 Å². The average molecular weight is 403 g/mol. The van der Waals surface area contributed by atoms with Gasteiger partial charge < -0.3 is 14.6 Å². The van der Waals surface area contributed by atoms with Crippen molar-refractivity contribution in [2.24, 2.45) is 23.7 Å². The van der Waals surface area contributed by atoms with Crippen LogP contribution in [-0.2, 0) is 4.74 Å². The van der Waals surface area contributed by atoms with Gasteiger partial charge in [0.15, 0.2) is 0 Å². The lowest BCUT2D eigenvalue weighted by atomic mass is 9.54. The number of hydrogen-bond donors (Lipinski definition) is 1. The molecule has 0 saturated heterocycles. The van der Waals surface area contributed by atoms with Gasteiger partial charge in [-0.1, -0.05) is 36.4 Å². The number of phenols is 1. The molecule has 4 fully saturated rings. The third kappa shape index (κ3) is 3.51. The van der Waals surface area contributed by atoms with Crippen LogP contribution in [-0.4, -0.2) is 19.3 Å². The first-order valence-electron chi connectivity index (χ1n) is 11.1. The van der Waals surface area contributed by atoms with E-state index < -0.39 is 0 Å². The van der Waals surface area contributed by atoms with Gasteiger partial charge >= 0.3 is 0 Å². The quantitative estimate of drug-likeness (QED) is 0.465. The van der Waals surface area contributed by atoms with Gasteiger partial charge in [-0.05, 0) is 85.1 Å². The topological polar surface area (TPSA) is 38.7 Å². The third-order valence-electron chi connectivity index (χ3n) is 7.35. The predicted octanol–water partition coefficient (Wildman–Crippen LogP) is 6.38. The van der Waals surface area contributed by atoms with E-state index in [1.54, 1.807) is 14.2 Å². The van der Waals surface area contributed by atoms with E-state index in [4.69, 9.17) is 9.47 Å². The zero-order chi connectivity index (χ0) is 20.7. The van der Waals surface area contributed by atoms with Crippen molar-refractivity contribution in [3.05, 3.63) is 64.7 Å². The van der Waals surface area contributed by atoms with Crippen molar-refractivity contribution in [3.8, 4) is 11.5 Å². The summed E-state index contributed by atoms with van der Waals surface area (Å²) in [5.41, 5.74) is 4.39. The molecule has 3 heteroatoms. The van der Waals surface area contributed by atoms with Gasteiger partial charge in [-0.25, -0.2) is 0 Å². The first-order chi connectivity index (χ1) is 14.6. The van der Waals surface area contributed by atoms with Crippen molar-refractivity contribution in [3.63, 3.8) is 0 Å². The van der Waals surface area contributed by atoms with E-state index in [0.29, 0.717) is 11.8 Å². The molecule has 0 aromatic heterocycles. The molecule has 4 aliphatic carbocycles. The van der Waals surface area contributed by atoms with Gasteiger partial charge in [0.05, 0.1) is 14.2 Å². The van der Waals surface area contributed by atoms with Crippen LogP contribution in [0.15, 0.2) is 48.0 Å². The molecule has 30 heavy (non-hydrogen) atoms. The Labute approximate surface area is 179 Å². The molecule has 2 aromatic carbocycles. The highest BCUT2D eigenvalue weighted by Gasteiger charge is 2.46. The van der Waals surface area contributed by atoms with Crippen LogP contribution in [0.3, 0.4) is 0 Å². The number of phenolic OH excluding ortho intramolecular Hbond substituents is 1. The molecule has 3 nitrogen and oxygen atoms in total. The smallest absolute Gasteiger partial charge is 0.125 e. The van der Waals surface area contributed by atoms with Crippen LogP contribution in [0.5, 0.6) is 11.5 Å². The summed E-state index contributed by atoms with van der Waals surface area (Å²) in [5.74, 6) is 5.33. The fourth-order valence-corrected chi connectivity index (χ4v) is 6.19. The average Bonchev–Trinajstić information content (AvgIpc) is 2.75. The van der Waals surface area contributed by atoms with E-state index in [9.17, 15) is 5.11 Å². The Kier molecular flexibility index (Phi) is 5.06. The maximum atomic E-state index is 10.7. The number of rotatable bonds is 5. The number of aromatic hydroxyl groups is 1. The van der Waals surface area contributed by atoms with Gasteiger partial charge in [0, 0.05) is 11.1 Å². The normalized spacial score (nSPS) is 26.9. The second-order valence-corrected chi connectivity index (χ2v) is 9.17. The summed E-state index contributed by atoms with van der Waals surface area (Å²) in [4.78, 5) is 0. The minimum Gasteiger partial charge on any atom is -0.507 e. The molecule has 1 N–H and O–H groups in total. The molecule has 4 saturated carbocycles. The van der Waals surface area contributed by atoms with Crippen molar-refractivity contribution in [2.45, 2.75) is 32.1 Å². The summed E-state index contributed by atoms with van der Waals surface area (Å²) < 4.78 is 11.1. The number of benzene rings is 2. The molecule has 0 spiro atoms. The summed E-state index contributed by atoms with van der Waals surface area (Å²) in [5, 5.41) is 10.7. The summed E-state index contributed by atoms with van der Waals surface area (Å²) in [6, 6.07) is 13.8. The second-order valence-electron chi connectivity index (χ2n) is 9.17. The standard InChI is InChI=1S/C27H30O3/c1-29-24-9-4-17(5-10-24)3-6-20-7-8-21(16-25(20)28)27(30-2)26-22-12-18-11-19(14-22)15-23(26)13-18/h3-10,16,18-19,22-23,28H,11-15H2,1-2H3/b6-3+,27-26?. The van der Waals surface area contributed by atoms with Crippen LogP contribution in [0, 0.1) is 23.7 Å². The molecule has 6 rings (SSSR count). The largest absolute Gasteiger partial charge is 0.507 e. The Bertz CT molecular complexity index is 954. The summed E-state index contributed by atoms with van der Waals surface area (Å²) in [6.07, 6.45) is 10.7. The molecule has 0 unspecified atom stereocenters. The van der Waals surface area contributed by atoms with E-state index in [-0.39, 0.29) is 5.75 Å². The summed E-state index contributed by atoms with van der Waals surface area (Å²) in [7, 11) is 3.44. The SMILES string of the molecule is COC(=C1C2CC3CC(C2)CC1C3)c1ccc(/C=C/c2ccc(OC)cc2)c(O)c1. The summed E-state index contributed by atoms with van der Waals surface area (Å²) in [6.45, 7) is 0. The lowest BCUT2D eigenvalue weighted by Gasteiger charge is -2.51.